The fraction of sp³-hybridized carbons (Fsp3) is 0.417. The summed E-state index contributed by atoms with van der Waals surface area (Å²) < 4.78 is 0. The number of aliphatic hydroxyl groups excluding tert-OH is 1. The molecule has 4 rings (SSSR count). The lowest BCUT2D eigenvalue weighted by Gasteiger charge is -2.27. The van der Waals surface area contributed by atoms with Gasteiger partial charge in [-0.1, -0.05) is 19.4 Å². The molecule has 1 fully saturated rings. The molecule has 11 heteroatoms. The van der Waals surface area contributed by atoms with Crippen LogP contribution in [0.4, 0.5) is 29.0 Å². The molecular weight excluding hydrogens is 448 g/mol. The van der Waals surface area contributed by atoms with Crippen molar-refractivity contribution in [3.63, 3.8) is 0 Å². The summed E-state index contributed by atoms with van der Waals surface area (Å²) in [6.45, 7) is 2.92. The summed E-state index contributed by atoms with van der Waals surface area (Å²) in [5.41, 5.74) is 1.88. The zero-order valence-corrected chi connectivity index (χ0v) is 19.6. The van der Waals surface area contributed by atoms with Crippen LogP contribution in [0.1, 0.15) is 45.4 Å². The molecule has 0 bridgehead atoms. The molecule has 184 valence electrons. The number of anilines is 4. The fourth-order valence-corrected chi connectivity index (χ4v) is 3.97. The molecule has 0 radical (unpaired) electrons. The molecule has 35 heavy (non-hydrogen) atoms. The molecule has 11 nitrogen and oxygen atoms in total. The SMILES string of the molecule is CCCCNc1ncc(-c2cc(Nc3cccc([N+](=O)[O-])c3)ncn2)c(NC2CCC(O)CC2)n1. The van der Waals surface area contributed by atoms with E-state index < -0.39 is 4.92 Å². The van der Waals surface area contributed by atoms with Gasteiger partial charge in [-0.3, -0.25) is 10.1 Å². The van der Waals surface area contributed by atoms with Gasteiger partial charge in [-0.05, 0) is 38.2 Å². The van der Waals surface area contributed by atoms with Crippen LogP contribution >= 0.6 is 0 Å². The first-order valence-corrected chi connectivity index (χ1v) is 11.9. The molecule has 0 saturated heterocycles. The number of aromatic nitrogens is 4. The zero-order valence-electron chi connectivity index (χ0n) is 19.6. The van der Waals surface area contributed by atoms with E-state index in [-0.39, 0.29) is 17.8 Å². The van der Waals surface area contributed by atoms with E-state index in [0.29, 0.717) is 29.0 Å². The lowest BCUT2D eigenvalue weighted by Crippen LogP contribution is -2.29. The molecule has 0 aliphatic heterocycles. The molecule has 2 aromatic heterocycles. The smallest absolute Gasteiger partial charge is 0.271 e. The van der Waals surface area contributed by atoms with E-state index in [2.05, 4.69) is 37.8 Å². The van der Waals surface area contributed by atoms with Gasteiger partial charge in [-0.2, -0.15) is 4.98 Å². The number of hydrogen-bond donors (Lipinski definition) is 4. The van der Waals surface area contributed by atoms with Gasteiger partial charge in [0.05, 0.1) is 22.3 Å². The Hall–Kier alpha value is -3.86. The maximum Gasteiger partial charge on any atom is 0.271 e. The molecular formula is C24H30N8O3. The van der Waals surface area contributed by atoms with Crippen LogP contribution in [0, 0.1) is 10.1 Å². The molecule has 2 heterocycles. The monoisotopic (exact) mass is 478 g/mol. The number of unbranched alkanes of at least 4 members (excludes halogenated alkanes) is 1. The third-order valence-electron chi connectivity index (χ3n) is 5.91. The Morgan fingerprint density at radius 2 is 1.97 bits per heavy atom. The maximum atomic E-state index is 11.1. The first-order valence-electron chi connectivity index (χ1n) is 11.9. The van der Waals surface area contributed by atoms with E-state index >= 15 is 0 Å². The average Bonchev–Trinajstić information content (AvgIpc) is 2.86. The van der Waals surface area contributed by atoms with Crippen LogP contribution in [-0.2, 0) is 0 Å². The largest absolute Gasteiger partial charge is 0.393 e. The summed E-state index contributed by atoms with van der Waals surface area (Å²) in [6.07, 6.45) is 8.24. The summed E-state index contributed by atoms with van der Waals surface area (Å²) in [7, 11) is 0. The van der Waals surface area contributed by atoms with Crippen molar-refractivity contribution in [1.82, 2.24) is 19.9 Å². The number of rotatable bonds is 10. The summed E-state index contributed by atoms with van der Waals surface area (Å²) >= 11 is 0. The first kappa shape index (κ1) is 24.3. The second-order valence-corrected chi connectivity index (χ2v) is 8.61. The standard InChI is InChI=1S/C24H30N8O3/c1-2-3-11-25-24-26-14-20(23(31-24)30-16-7-9-19(33)10-8-16)21-13-22(28-15-27-21)29-17-5-4-6-18(12-17)32(34)35/h4-6,12-16,19,33H,2-3,7-11H2,1H3,(H,27,28,29)(H2,25,26,30,31). The molecule has 3 aromatic rings. The van der Waals surface area contributed by atoms with Crippen molar-refractivity contribution in [2.24, 2.45) is 0 Å². The van der Waals surface area contributed by atoms with Crippen molar-refractivity contribution in [1.29, 1.82) is 0 Å². The topological polar surface area (TPSA) is 151 Å². The lowest BCUT2D eigenvalue weighted by molar-refractivity contribution is -0.384. The van der Waals surface area contributed by atoms with E-state index in [0.717, 1.165) is 50.6 Å². The Bertz CT molecular complexity index is 1150. The fourth-order valence-electron chi connectivity index (χ4n) is 3.97. The number of aliphatic hydroxyl groups is 1. The first-order chi connectivity index (χ1) is 17.0. The van der Waals surface area contributed by atoms with Crippen molar-refractivity contribution < 1.29 is 10.0 Å². The third-order valence-corrected chi connectivity index (χ3v) is 5.91. The van der Waals surface area contributed by atoms with Crippen molar-refractivity contribution in [3.8, 4) is 11.3 Å². The van der Waals surface area contributed by atoms with Gasteiger partial charge in [0.2, 0.25) is 5.95 Å². The summed E-state index contributed by atoms with van der Waals surface area (Å²) in [4.78, 5) is 28.5. The molecule has 4 N–H and O–H groups in total. The molecule has 0 atom stereocenters. The highest BCUT2D eigenvalue weighted by atomic mass is 16.6. The number of hydrogen-bond acceptors (Lipinski definition) is 10. The van der Waals surface area contributed by atoms with E-state index in [4.69, 9.17) is 4.98 Å². The highest BCUT2D eigenvalue weighted by molar-refractivity contribution is 5.75. The number of non-ortho nitro benzene ring substituents is 1. The Kier molecular flexibility index (Phi) is 7.99. The molecule has 0 amide bonds. The van der Waals surface area contributed by atoms with Gasteiger partial charge in [-0.25, -0.2) is 15.0 Å². The Morgan fingerprint density at radius 1 is 1.14 bits per heavy atom. The summed E-state index contributed by atoms with van der Waals surface area (Å²) in [5.74, 6) is 1.71. The molecule has 1 aliphatic carbocycles. The molecule has 1 aromatic carbocycles. The molecule has 0 spiro atoms. The van der Waals surface area contributed by atoms with Crippen LogP contribution in [0.2, 0.25) is 0 Å². The number of nitrogens with zero attached hydrogens (tertiary/aromatic N) is 5. The van der Waals surface area contributed by atoms with Gasteiger partial charge < -0.3 is 21.1 Å². The predicted octanol–water partition coefficient (Wildman–Crippen LogP) is 4.51. The van der Waals surface area contributed by atoms with Gasteiger partial charge >= 0.3 is 0 Å². The lowest BCUT2D eigenvalue weighted by atomic mass is 9.93. The third kappa shape index (κ3) is 6.60. The number of nitro benzene ring substituents is 1. The second-order valence-electron chi connectivity index (χ2n) is 8.61. The van der Waals surface area contributed by atoms with Crippen LogP contribution in [0.15, 0.2) is 42.9 Å². The van der Waals surface area contributed by atoms with Crippen LogP contribution in [0.3, 0.4) is 0 Å². The van der Waals surface area contributed by atoms with E-state index in [1.54, 1.807) is 24.4 Å². The van der Waals surface area contributed by atoms with Crippen LogP contribution in [-0.4, -0.2) is 48.7 Å². The van der Waals surface area contributed by atoms with Gasteiger partial charge in [0.25, 0.3) is 5.69 Å². The minimum absolute atomic E-state index is 0.00655. The van der Waals surface area contributed by atoms with E-state index in [1.807, 2.05) is 0 Å². The van der Waals surface area contributed by atoms with E-state index in [9.17, 15) is 15.2 Å². The van der Waals surface area contributed by atoms with Crippen molar-refractivity contribution in [3.05, 3.63) is 53.0 Å². The molecule has 1 aliphatic rings. The Balaban J connectivity index is 1.59. The maximum absolute atomic E-state index is 11.1. The Morgan fingerprint density at radius 3 is 2.74 bits per heavy atom. The molecule has 1 saturated carbocycles. The minimum atomic E-state index is -0.438. The highest BCUT2D eigenvalue weighted by Gasteiger charge is 2.22. The van der Waals surface area contributed by atoms with Gasteiger partial charge in [0, 0.05) is 42.7 Å². The predicted molar refractivity (Wildman–Crippen MR) is 135 cm³/mol. The van der Waals surface area contributed by atoms with Crippen LogP contribution < -0.4 is 16.0 Å². The normalized spacial score (nSPS) is 17.5. The summed E-state index contributed by atoms with van der Waals surface area (Å²) in [6, 6.07) is 8.19. The number of benzene rings is 1. The van der Waals surface area contributed by atoms with Gasteiger partial charge in [0.1, 0.15) is 18.0 Å². The second kappa shape index (κ2) is 11.5. The van der Waals surface area contributed by atoms with Crippen molar-refractivity contribution in [2.75, 3.05) is 22.5 Å². The number of nitro groups is 1. The highest BCUT2D eigenvalue weighted by Crippen LogP contribution is 2.30. The zero-order chi connectivity index (χ0) is 24.6. The average molecular weight is 479 g/mol. The number of nitrogens with one attached hydrogen (secondary N) is 3. The van der Waals surface area contributed by atoms with Gasteiger partial charge in [0.15, 0.2) is 0 Å². The molecule has 0 unspecified atom stereocenters. The van der Waals surface area contributed by atoms with Crippen molar-refractivity contribution in [2.45, 2.75) is 57.6 Å². The van der Waals surface area contributed by atoms with Gasteiger partial charge in [-0.15, -0.1) is 0 Å². The minimum Gasteiger partial charge on any atom is -0.393 e. The van der Waals surface area contributed by atoms with Crippen LogP contribution in [0.5, 0.6) is 0 Å². The Labute approximate surface area is 203 Å². The quantitative estimate of drug-likeness (QED) is 0.186. The van der Waals surface area contributed by atoms with Crippen molar-refractivity contribution >= 4 is 29.0 Å². The van der Waals surface area contributed by atoms with Crippen LogP contribution in [0.25, 0.3) is 11.3 Å². The summed E-state index contributed by atoms with van der Waals surface area (Å²) in [5, 5.41) is 30.9. The van der Waals surface area contributed by atoms with E-state index in [1.165, 1.54) is 18.5 Å².